The molecule has 2 N–H and O–H groups in total. The Morgan fingerprint density at radius 3 is 2.28 bits per heavy atom. The van der Waals surface area contributed by atoms with E-state index in [-0.39, 0.29) is 11.0 Å². The minimum Gasteiger partial charge on any atom is -0.496 e. The van der Waals surface area contributed by atoms with Crippen molar-refractivity contribution in [3.8, 4) is 5.75 Å². The van der Waals surface area contributed by atoms with Crippen molar-refractivity contribution in [2.45, 2.75) is 37.6 Å². The summed E-state index contributed by atoms with van der Waals surface area (Å²) in [7, 11) is 1.72. The summed E-state index contributed by atoms with van der Waals surface area (Å²) in [5.74, 6) is 0.952. The molecule has 0 unspecified atom stereocenters. The standard InChI is InChI=1S/C15H21NO2/c1-10-11(2)13(17-3)5-4-12(10)14(8-18-9-14)15(16)6-7-15/h4-5H,6-9,16H2,1-3H3. The Bertz CT molecular complexity index is 488. The molecule has 0 atom stereocenters. The average Bonchev–Trinajstić information content (AvgIpc) is 3.02. The summed E-state index contributed by atoms with van der Waals surface area (Å²) < 4.78 is 10.9. The fourth-order valence-corrected chi connectivity index (χ4v) is 3.17. The van der Waals surface area contributed by atoms with Crippen LogP contribution in [0.15, 0.2) is 12.1 Å². The van der Waals surface area contributed by atoms with Gasteiger partial charge < -0.3 is 15.2 Å². The van der Waals surface area contributed by atoms with Crippen LogP contribution in [-0.2, 0) is 10.2 Å². The van der Waals surface area contributed by atoms with Crippen molar-refractivity contribution >= 4 is 0 Å². The Morgan fingerprint density at radius 2 is 1.83 bits per heavy atom. The minimum atomic E-state index is -0.0446. The first-order valence-corrected chi connectivity index (χ1v) is 6.55. The number of hydrogen-bond donors (Lipinski definition) is 1. The minimum absolute atomic E-state index is 0.0358. The zero-order valence-electron chi connectivity index (χ0n) is 11.4. The molecule has 1 heterocycles. The number of rotatable bonds is 3. The molecule has 0 aromatic heterocycles. The molecule has 1 aromatic rings. The zero-order valence-corrected chi connectivity index (χ0v) is 11.4. The Hall–Kier alpha value is -1.06. The van der Waals surface area contributed by atoms with Crippen molar-refractivity contribution in [3.63, 3.8) is 0 Å². The first kappa shape index (κ1) is 12.0. The highest BCUT2D eigenvalue weighted by Gasteiger charge is 2.61. The van der Waals surface area contributed by atoms with Crippen LogP contribution in [0.1, 0.15) is 29.5 Å². The van der Waals surface area contributed by atoms with Crippen LogP contribution in [0.5, 0.6) is 5.75 Å². The van der Waals surface area contributed by atoms with Crippen molar-refractivity contribution in [2.75, 3.05) is 20.3 Å². The van der Waals surface area contributed by atoms with Crippen LogP contribution in [0.25, 0.3) is 0 Å². The van der Waals surface area contributed by atoms with Gasteiger partial charge in [0, 0.05) is 5.54 Å². The lowest BCUT2D eigenvalue weighted by Crippen LogP contribution is -2.61. The van der Waals surface area contributed by atoms with Crippen molar-refractivity contribution in [1.29, 1.82) is 0 Å². The highest BCUT2D eigenvalue weighted by molar-refractivity contribution is 5.50. The maximum atomic E-state index is 6.50. The molecular weight excluding hydrogens is 226 g/mol. The van der Waals surface area contributed by atoms with Crippen LogP contribution in [0, 0.1) is 13.8 Å². The van der Waals surface area contributed by atoms with Crippen LogP contribution in [-0.4, -0.2) is 25.9 Å². The van der Waals surface area contributed by atoms with Gasteiger partial charge in [-0.25, -0.2) is 0 Å². The van der Waals surface area contributed by atoms with E-state index in [2.05, 4.69) is 26.0 Å². The molecule has 0 spiro atoms. The average molecular weight is 247 g/mol. The van der Waals surface area contributed by atoms with Gasteiger partial charge in [-0.3, -0.25) is 0 Å². The molecule has 18 heavy (non-hydrogen) atoms. The number of ether oxygens (including phenoxy) is 2. The van der Waals surface area contributed by atoms with Crippen molar-refractivity contribution in [1.82, 2.24) is 0 Å². The van der Waals surface area contributed by atoms with Gasteiger partial charge in [-0.15, -0.1) is 0 Å². The van der Waals surface area contributed by atoms with E-state index in [1.165, 1.54) is 16.7 Å². The number of nitrogens with two attached hydrogens (primary N) is 1. The fourth-order valence-electron chi connectivity index (χ4n) is 3.17. The van der Waals surface area contributed by atoms with E-state index in [1.54, 1.807) is 7.11 Å². The van der Waals surface area contributed by atoms with E-state index in [0.29, 0.717) is 0 Å². The van der Waals surface area contributed by atoms with Gasteiger partial charge in [0.1, 0.15) is 5.75 Å². The molecule has 1 saturated heterocycles. The van der Waals surface area contributed by atoms with Crippen molar-refractivity contribution in [2.24, 2.45) is 5.73 Å². The highest BCUT2D eigenvalue weighted by atomic mass is 16.5. The molecule has 1 aromatic carbocycles. The molecule has 1 aliphatic heterocycles. The maximum absolute atomic E-state index is 6.50. The second kappa shape index (κ2) is 3.72. The summed E-state index contributed by atoms with van der Waals surface area (Å²) in [6.07, 6.45) is 2.22. The van der Waals surface area contributed by atoms with Crippen LogP contribution < -0.4 is 10.5 Å². The third kappa shape index (κ3) is 1.38. The van der Waals surface area contributed by atoms with E-state index in [4.69, 9.17) is 15.2 Å². The molecule has 2 aliphatic rings. The van der Waals surface area contributed by atoms with Crippen LogP contribution in [0.2, 0.25) is 0 Å². The number of benzene rings is 1. The molecule has 98 valence electrons. The maximum Gasteiger partial charge on any atom is 0.122 e. The van der Waals surface area contributed by atoms with Crippen LogP contribution in [0.3, 0.4) is 0 Å². The quantitative estimate of drug-likeness (QED) is 0.889. The lowest BCUT2D eigenvalue weighted by molar-refractivity contribution is -0.0789. The van der Waals surface area contributed by atoms with Gasteiger partial charge in [0.05, 0.1) is 25.7 Å². The third-order valence-corrected chi connectivity index (χ3v) is 4.91. The number of methoxy groups -OCH3 is 1. The second-order valence-corrected chi connectivity index (χ2v) is 5.80. The molecule has 3 heteroatoms. The molecule has 1 aliphatic carbocycles. The van der Waals surface area contributed by atoms with Crippen LogP contribution in [0.4, 0.5) is 0 Å². The van der Waals surface area contributed by atoms with Crippen molar-refractivity contribution < 1.29 is 9.47 Å². The molecule has 0 radical (unpaired) electrons. The summed E-state index contributed by atoms with van der Waals surface area (Å²) >= 11 is 0. The van der Waals surface area contributed by atoms with Crippen LogP contribution >= 0.6 is 0 Å². The smallest absolute Gasteiger partial charge is 0.122 e. The largest absolute Gasteiger partial charge is 0.496 e. The zero-order chi connectivity index (χ0) is 13.0. The first-order chi connectivity index (χ1) is 8.54. The van der Waals surface area contributed by atoms with Gasteiger partial charge in [-0.1, -0.05) is 6.07 Å². The predicted molar refractivity (Wildman–Crippen MR) is 71.1 cm³/mol. The molecule has 0 amide bonds. The first-order valence-electron chi connectivity index (χ1n) is 6.55. The fraction of sp³-hybridized carbons (Fsp3) is 0.600. The molecule has 0 bridgehead atoms. The molecular formula is C15H21NO2. The summed E-state index contributed by atoms with van der Waals surface area (Å²) in [6.45, 7) is 5.80. The van der Waals surface area contributed by atoms with Gasteiger partial charge in [0.2, 0.25) is 0 Å². The summed E-state index contributed by atoms with van der Waals surface area (Å²) in [4.78, 5) is 0. The summed E-state index contributed by atoms with van der Waals surface area (Å²) in [6, 6.07) is 4.24. The normalized spacial score (nSPS) is 23.3. The topological polar surface area (TPSA) is 44.5 Å². The molecule has 3 rings (SSSR count). The van der Waals surface area contributed by atoms with Gasteiger partial charge in [0.25, 0.3) is 0 Å². The Kier molecular flexibility index (Phi) is 2.48. The second-order valence-electron chi connectivity index (χ2n) is 5.80. The molecule has 1 saturated carbocycles. The van der Waals surface area contributed by atoms with Gasteiger partial charge in [0.15, 0.2) is 0 Å². The lowest BCUT2D eigenvalue weighted by Gasteiger charge is -2.48. The Morgan fingerprint density at radius 1 is 1.17 bits per heavy atom. The lowest BCUT2D eigenvalue weighted by atomic mass is 9.68. The van der Waals surface area contributed by atoms with Crippen molar-refractivity contribution in [3.05, 3.63) is 28.8 Å². The molecule has 3 nitrogen and oxygen atoms in total. The SMILES string of the molecule is COc1ccc(C2(C3(N)CC3)COC2)c(C)c1C. The highest BCUT2D eigenvalue weighted by Crippen LogP contribution is 2.54. The Balaban J connectivity index is 2.09. The monoisotopic (exact) mass is 247 g/mol. The van der Waals surface area contributed by atoms with E-state index in [0.717, 1.165) is 31.8 Å². The summed E-state index contributed by atoms with van der Waals surface area (Å²) in [5, 5.41) is 0. The van der Waals surface area contributed by atoms with Gasteiger partial charge in [-0.05, 0) is 49.4 Å². The van der Waals surface area contributed by atoms with E-state index in [9.17, 15) is 0 Å². The molecule has 2 fully saturated rings. The third-order valence-electron chi connectivity index (χ3n) is 4.91. The predicted octanol–water partition coefficient (Wildman–Crippen LogP) is 2.07. The summed E-state index contributed by atoms with van der Waals surface area (Å²) in [5.41, 5.74) is 10.4. The number of hydrogen-bond acceptors (Lipinski definition) is 3. The van der Waals surface area contributed by atoms with E-state index >= 15 is 0 Å². The van der Waals surface area contributed by atoms with E-state index in [1.807, 2.05) is 0 Å². The van der Waals surface area contributed by atoms with Gasteiger partial charge in [-0.2, -0.15) is 0 Å². The Labute approximate surface area is 108 Å². The van der Waals surface area contributed by atoms with Gasteiger partial charge >= 0.3 is 0 Å². The van der Waals surface area contributed by atoms with E-state index < -0.39 is 0 Å².